The van der Waals surface area contributed by atoms with Crippen LogP contribution in [0.4, 0.5) is 0 Å². The van der Waals surface area contributed by atoms with Gasteiger partial charge in [0, 0.05) is 22.0 Å². The number of hydrogen-bond donors (Lipinski definition) is 1. The highest BCUT2D eigenvalue weighted by Gasteiger charge is 2.26. The number of alkyl halides is 1. The minimum atomic E-state index is -0.0381. The van der Waals surface area contributed by atoms with Crippen molar-refractivity contribution in [2.75, 3.05) is 5.88 Å². The Labute approximate surface area is 129 Å². The molecule has 0 aliphatic heterocycles. The van der Waals surface area contributed by atoms with Crippen LogP contribution in [-0.2, 0) is 0 Å². The molecule has 0 saturated carbocycles. The maximum Gasteiger partial charge on any atom is 0.251 e. The molecule has 1 aromatic carbocycles. The van der Waals surface area contributed by atoms with Gasteiger partial charge in [0.2, 0.25) is 0 Å². The Balaban J connectivity index is 2.91. The molecule has 0 heterocycles. The zero-order valence-corrected chi connectivity index (χ0v) is 14.2. The van der Waals surface area contributed by atoms with Gasteiger partial charge in [-0.25, -0.2) is 0 Å². The molecule has 0 radical (unpaired) electrons. The van der Waals surface area contributed by atoms with Crippen LogP contribution in [0, 0.1) is 12.3 Å². The highest BCUT2D eigenvalue weighted by Crippen LogP contribution is 2.23. The van der Waals surface area contributed by atoms with Crippen molar-refractivity contribution in [3.8, 4) is 0 Å². The molecule has 1 amide bonds. The van der Waals surface area contributed by atoms with E-state index in [2.05, 4.69) is 42.0 Å². The van der Waals surface area contributed by atoms with Crippen molar-refractivity contribution in [1.29, 1.82) is 0 Å². The number of halogens is 2. The normalized spacial score (nSPS) is 13.2. The van der Waals surface area contributed by atoms with Crippen molar-refractivity contribution < 1.29 is 4.79 Å². The number of aryl methyl sites for hydroxylation is 1. The molecule has 0 aliphatic carbocycles. The summed E-state index contributed by atoms with van der Waals surface area (Å²) in [6, 6.07) is 5.79. The Hall–Kier alpha value is -0.540. The molecule has 0 fully saturated rings. The van der Waals surface area contributed by atoms with Gasteiger partial charge in [0.15, 0.2) is 0 Å². The second kappa shape index (κ2) is 6.76. The lowest BCUT2D eigenvalue weighted by Crippen LogP contribution is -2.44. The quantitative estimate of drug-likeness (QED) is 0.797. The first-order chi connectivity index (χ1) is 8.75. The second-order valence-electron chi connectivity index (χ2n) is 5.83. The topological polar surface area (TPSA) is 29.1 Å². The Morgan fingerprint density at radius 2 is 2.05 bits per heavy atom. The van der Waals surface area contributed by atoms with Crippen LogP contribution in [0.5, 0.6) is 0 Å². The maximum atomic E-state index is 12.4. The third-order valence-electron chi connectivity index (χ3n) is 3.19. The molecule has 0 bridgehead atoms. The summed E-state index contributed by atoms with van der Waals surface area (Å²) in [7, 11) is 0. The first-order valence-electron chi connectivity index (χ1n) is 6.38. The number of carbonyl (C=O) groups is 1. The molecule has 106 valence electrons. The number of carbonyl (C=O) groups excluding carboxylic acids is 1. The van der Waals surface area contributed by atoms with E-state index in [-0.39, 0.29) is 17.4 Å². The van der Waals surface area contributed by atoms with Gasteiger partial charge in [0.25, 0.3) is 5.91 Å². The van der Waals surface area contributed by atoms with Crippen LogP contribution < -0.4 is 5.32 Å². The van der Waals surface area contributed by atoms with Crippen molar-refractivity contribution in [3.63, 3.8) is 0 Å². The van der Waals surface area contributed by atoms with E-state index in [1.165, 1.54) is 0 Å². The Kier molecular flexibility index (Phi) is 5.87. The molecular weight excluding hydrogens is 326 g/mol. The van der Waals surface area contributed by atoms with E-state index >= 15 is 0 Å². The standard InChI is InChI=1S/C15H21BrClNO/c1-10-5-6-11(16)9-12(10)14(19)18-13(7-8-17)15(2,3)4/h5-6,9,13H,7-8H2,1-4H3,(H,18,19). The van der Waals surface area contributed by atoms with Crippen LogP contribution in [0.1, 0.15) is 43.1 Å². The molecule has 0 aliphatic rings. The van der Waals surface area contributed by atoms with Gasteiger partial charge in [-0.2, -0.15) is 0 Å². The van der Waals surface area contributed by atoms with Gasteiger partial charge in [0.05, 0.1) is 0 Å². The van der Waals surface area contributed by atoms with Crippen molar-refractivity contribution >= 4 is 33.4 Å². The van der Waals surface area contributed by atoms with E-state index in [1.807, 2.05) is 25.1 Å². The van der Waals surface area contributed by atoms with E-state index in [9.17, 15) is 4.79 Å². The summed E-state index contributed by atoms with van der Waals surface area (Å²) in [6.07, 6.45) is 0.768. The molecule has 1 rings (SSSR count). The fraction of sp³-hybridized carbons (Fsp3) is 0.533. The van der Waals surface area contributed by atoms with E-state index in [4.69, 9.17) is 11.6 Å². The lowest BCUT2D eigenvalue weighted by atomic mass is 9.85. The van der Waals surface area contributed by atoms with Crippen LogP contribution in [0.25, 0.3) is 0 Å². The molecule has 0 spiro atoms. The van der Waals surface area contributed by atoms with E-state index in [0.717, 1.165) is 16.5 Å². The summed E-state index contributed by atoms with van der Waals surface area (Å²) in [5.41, 5.74) is 1.67. The highest BCUT2D eigenvalue weighted by molar-refractivity contribution is 9.10. The Morgan fingerprint density at radius 1 is 1.42 bits per heavy atom. The molecule has 0 aromatic heterocycles. The number of hydrogen-bond acceptors (Lipinski definition) is 1. The lowest BCUT2D eigenvalue weighted by Gasteiger charge is -2.31. The van der Waals surface area contributed by atoms with Crippen molar-refractivity contribution in [2.45, 2.75) is 40.2 Å². The van der Waals surface area contributed by atoms with Gasteiger partial charge in [-0.05, 0) is 36.5 Å². The number of amides is 1. The van der Waals surface area contributed by atoms with Gasteiger partial charge >= 0.3 is 0 Å². The molecule has 1 unspecified atom stereocenters. The fourth-order valence-corrected chi connectivity index (χ4v) is 2.48. The SMILES string of the molecule is Cc1ccc(Br)cc1C(=O)NC(CCCl)C(C)(C)C. The zero-order chi connectivity index (χ0) is 14.6. The highest BCUT2D eigenvalue weighted by atomic mass is 79.9. The second-order valence-corrected chi connectivity index (χ2v) is 7.12. The summed E-state index contributed by atoms with van der Waals surface area (Å²) in [6.45, 7) is 8.27. The Morgan fingerprint density at radius 3 is 2.58 bits per heavy atom. The molecule has 19 heavy (non-hydrogen) atoms. The summed E-state index contributed by atoms with van der Waals surface area (Å²) in [5, 5.41) is 3.10. The van der Waals surface area contributed by atoms with Gasteiger partial charge in [-0.15, -0.1) is 11.6 Å². The van der Waals surface area contributed by atoms with E-state index in [0.29, 0.717) is 11.4 Å². The molecule has 1 aromatic rings. The first-order valence-corrected chi connectivity index (χ1v) is 7.71. The summed E-state index contributed by atoms with van der Waals surface area (Å²) < 4.78 is 0.910. The van der Waals surface area contributed by atoms with Gasteiger partial charge in [-0.1, -0.05) is 42.8 Å². The Bertz CT molecular complexity index is 454. The maximum absolute atomic E-state index is 12.4. The minimum Gasteiger partial charge on any atom is -0.349 e. The lowest BCUT2D eigenvalue weighted by molar-refractivity contribution is 0.0900. The smallest absolute Gasteiger partial charge is 0.251 e. The summed E-state index contributed by atoms with van der Waals surface area (Å²) >= 11 is 9.23. The molecule has 1 N–H and O–H groups in total. The van der Waals surface area contributed by atoms with Gasteiger partial charge in [0.1, 0.15) is 0 Å². The number of benzene rings is 1. The van der Waals surface area contributed by atoms with Crippen LogP contribution >= 0.6 is 27.5 Å². The number of nitrogens with one attached hydrogen (secondary N) is 1. The van der Waals surface area contributed by atoms with E-state index in [1.54, 1.807) is 0 Å². The van der Waals surface area contributed by atoms with Crippen LogP contribution in [0.15, 0.2) is 22.7 Å². The molecule has 2 nitrogen and oxygen atoms in total. The third-order valence-corrected chi connectivity index (χ3v) is 3.90. The first kappa shape index (κ1) is 16.5. The monoisotopic (exact) mass is 345 g/mol. The largest absolute Gasteiger partial charge is 0.349 e. The van der Waals surface area contributed by atoms with E-state index < -0.39 is 0 Å². The van der Waals surface area contributed by atoms with Crippen LogP contribution in [-0.4, -0.2) is 17.8 Å². The third kappa shape index (κ3) is 4.81. The van der Waals surface area contributed by atoms with Crippen LogP contribution in [0.2, 0.25) is 0 Å². The molecular formula is C15H21BrClNO. The van der Waals surface area contributed by atoms with Crippen LogP contribution in [0.3, 0.4) is 0 Å². The summed E-state index contributed by atoms with van der Waals surface area (Å²) in [4.78, 5) is 12.4. The molecule has 4 heteroatoms. The zero-order valence-electron chi connectivity index (χ0n) is 11.9. The molecule has 0 saturated heterocycles. The fourth-order valence-electron chi connectivity index (χ4n) is 1.91. The van der Waals surface area contributed by atoms with Gasteiger partial charge in [-0.3, -0.25) is 4.79 Å². The van der Waals surface area contributed by atoms with Crippen molar-refractivity contribution in [2.24, 2.45) is 5.41 Å². The van der Waals surface area contributed by atoms with Crippen molar-refractivity contribution in [1.82, 2.24) is 5.32 Å². The predicted molar refractivity (Wildman–Crippen MR) is 84.9 cm³/mol. The molecule has 1 atom stereocenters. The number of rotatable bonds is 4. The summed E-state index contributed by atoms with van der Waals surface area (Å²) in [5.74, 6) is 0.503. The van der Waals surface area contributed by atoms with Gasteiger partial charge < -0.3 is 5.32 Å². The average molecular weight is 347 g/mol. The van der Waals surface area contributed by atoms with Crippen molar-refractivity contribution in [3.05, 3.63) is 33.8 Å². The minimum absolute atomic E-state index is 0.00946. The predicted octanol–water partition coefficient (Wildman–Crippen LogP) is 4.53. The average Bonchev–Trinajstić information content (AvgIpc) is 2.30.